The number of carbonyl (C=O) groups is 1. The van der Waals surface area contributed by atoms with E-state index in [1.165, 1.54) is 23.1 Å². The first-order valence-corrected chi connectivity index (χ1v) is 3.88. The molecule has 6 heteroatoms. The first-order chi connectivity index (χ1) is 6.68. The first-order valence-electron chi connectivity index (χ1n) is 3.88. The lowest BCUT2D eigenvalue weighted by Gasteiger charge is -2.04. The van der Waals surface area contributed by atoms with Crippen LogP contribution in [0.15, 0.2) is 24.7 Å². The van der Waals surface area contributed by atoms with Crippen molar-refractivity contribution in [3.05, 3.63) is 30.2 Å². The Hall–Kier alpha value is -1.95. The molecule has 2 rings (SSSR count). The van der Waals surface area contributed by atoms with Crippen LogP contribution in [0.2, 0.25) is 0 Å². The van der Waals surface area contributed by atoms with Crippen LogP contribution in [0.1, 0.15) is 11.7 Å². The topological polar surface area (TPSA) is 87.7 Å². The molecule has 6 nitrogen and oxygen atoms in total. The number of aliphatic carboxylic acids is 1. The van der Waals surface area contributed by atoms with Gasteiger partial charge in [0.2, 0.25) is 0 Å². The minimum Gasteiger partial charge on any atom is -0.479 e. The summed E-state index contributed by atoms with van der Waals surface area (Å²) in [4.78, 5) is 14.4. The van der Waals surface area contributed by atoms with Gasteiger partial charge in [-0.15, -0.1) is 0 Å². The molecule has 1 atom stereocenters. The number of aliphatic hydroxyl groups is 1. The van der Waals surface area contributed by atoms with Crippen molar-refractivity contribution in [2.75, 3.05) is 0 Å². The number of hydrogen-bond acceptors (Lipinski definition) is 4. The number of rotatable bonds is 2. The van der Waals surface area contributed by atoms with Gasteiger partial charge >= 0.3 is 5.97 Å². The minimum absolute atomic E-state index is 0.274. The monoisotopic (exact) mass is 193 g/mol. The zero-order chi connectivity index (χ0) is 10.1. The molecule has 0 aromatic carbocycles. The number of pyridine rings is 1. The predicted molar refractivity (Wildman–Crippen MR) is 45.6 cm³/mol. The summed E-state index contributed by atoms with van der Waals surface area (Å²) in [6.07, 6.45) is 1.26. The molecule has 0 aliphatic rings. The summed E-state index contributed by atoms with van der Waals surface area (Å²) in [6.45, 7) is 0. The Morgan fingerprint density at radius 1 is 1.50 bits per heavy atom. The van der Waals surface area contributed by atoms with Gasteiger partial charge < -0.3 is 10.2 Å². The number of fused-ring (bicyclic) bond motifs is 1. The maximum atomic E-state index is 10.5. The van der Waals surface area contributed by atoms with E-state index >= 15 is 0 Å². The Balaban J connectivity index is 2.48. The van der Waals surface area contributed by atoms with Gasteiger partial charge in [0, 0.05) is 11.8 Å². The Labute approximate surface area is 78.4 Å². The molecule has 2 N–H and O–H groups in total. The molecular weight excluding hydrogens is 186 g/mol. The van der Waals surface area contributed by atoms with Crippen molar-refractivity contribution in [1.82, 2.24) is 14.6 Å². The van der Waals surface area contributed by atoms with Crippen molar-refractivity contribution in [2.24, 2.45) is 0 Å². The van der Waals surface area contributed by atoms with E-state index in [4.69, 9.17) is 5.11 Å². The molecule has 14 heavy (non-hydrogen) atoms. The SMILES string of the molecule is O=C(O)[C@@H](O)c1ccc2ncnn2c1. The molecule has 2 aromatic heterocycles. The first kappa shape index (κ1) is 8.64. The number of carboxylic acid groups (broad SMARTS) is 1. The van der Waals surface area contributed by atoms with Gasteiger partial charge in [-0.1, -0.05) is 6.07 Å². The van der Waals surface area contributed by atoms with E-state index in [1.54, 1.807) is 6.07 Å². The van der Waals surface area contributed by atoms with Gasteiger partial charge in [-0.2, -0.15) is 5.10 Å². The molecule has 0 radical (unpaired) electrons. The quantitative estimate of drug-likeness (QED) is 0.692. The van der Waals surface area contributed by atoms with E-state index in [-0.39, 0.29) is 5.56 Å². The van der Waals surface area contributed by atoms with Crippen molar-refractivity contribution < 1.29 is 15.0 Å². The molecular formula is C8H7N3O3. The molecule has 0 aliphatic carbocycles. The van der Waals surface area contributed by atoms with Gasteiger partial charge in [-0.05, 0) is 6.07 Å². The Kier molecular flexibility index (Phi) is 1.90. The van der Waals surface area contributed by atoms with Crippen LogP contribution in [-0.4, -0.2) is 30.8 Å². The number of nitrogens with zero attached hydrogens (tertiary/aromatic N) is 3. The number of aromatic nitrogens is 3. The molecule has 0 bridgehead atoms. The van der Waals surface area contributed by atoms with Gasteiger partial charge in [0.25, 0.3) is 0 Å². The molecule has 2 aromatic rings. The highest BCUT2D eigenvalue weighted by Gasteiger charge is 2.16. The average Bonchev–Trinajstić information content (AvgIpc) is 2.62. The average molecular weight is 193 g/mol. The lowest BCUT2D eigenvalue weighted by molar-refractivity contribution is -0.146. The molecule has 0 fully saturated rings. The van der Waals surface area contributed by atoms with Crippen molar-refractivity contribution in [2.45, 2.75) is 6.10 Å². The van der Waals surface area contributed by atoms with E-state index < -0.39 is 12.1 Å². The molecule has 0 aliphatic heterocycles. The van der Waals surface area contributed by atoms with E-state index in [9.17, 15) is 9.90 Å². The van der Waals surface area contributed by atoms with E-state index in [0.717, 1.165) is 0 Å². The standard InChI is InChI=1S/C8H7N3O3/c12-7(8(13)14)5-1-2-6-9-4-10-11(6)3-5/h1-4,7,12H,(H,13,14)/t7-/m0/s1. The van der Waals surface area contributed by atoms with Crippen LogP contribution >= 0.6 is 0 Å². The molecule has 0 saturated carbocycles. The van der Waals surface area contributed by atoms with Crippen LogP contribution < -0.4 is 0 Å². The van der Waals surface area contributed by atoms with Gasteiger partial charge in [-0.25, -0.2) is 14.3 Å². The Morgan fingerprint density at radius 3 is 3.00 bits per heavy atom. The summed E-state index contributed by atoms with van der Waals surface area (Å²) in [6, 6.07) is 3.09. The summed E-state index contributed by atoms with van der Waals surface area (Å²) in [7, 11) is 0. The fraction of sp³-hybridized carbons (Fsp3) is 0.125. The van der Waals surface area contributed by atoms with Crippen LogP contribution in [0, 0.1) is 0 Å². The second-order valence-corrected chi connectivity index (χ2v) is 2.77. The highest BCUT2D eigenvalue weighted by atomic mass is 16.4. The fourth-order valence-electron chi connectivity index (χ4n) is 1.14. The highest BCUT2D eigenvalue weighted by molar-refractivity contribution is 5.74. The van der Waals surface area contributed by atoms with Gasteiger partial charge in [0.05, 0.1) is 0 Å². The Bertz CT molecular complexity index is 479. The van der Waals surface area contributed by atoms with Gasteiger partial charge in [0.15, 0.2) is 11.8 Å². The molecule has 0 spiro atoms. The van der Waals surface area contributed by atoms with Crippen molar-refractivity contribution >= 4 is 11.6 Å². The second kappa shape index (κ2) is 3.08. The summed E-state index contributed by atoms with van der Waals surface area (Å²) in [5, 5.41) is 21.6. The summed E-state index contributed by atoms with van der Waals surface area (Å²) in [5.41, 5.74) is 0.877. The van der Waals surface area contributed by atoms with Gasteiger partial charge in [-0.3, -0.25) is 0 Å². The van der Waals surface area contributed by atoms with E-state index in [2.05, 4.69) is 10.1 Å². The predicted octanol–water partition coefficient (Wildman–Crippen LogP) is -0.153. The molecule has 2 heterocycles. The van der Waals surface area contributed by atoms with Crippen LogP contribution in [0.3, 0.4) is 0 Å². The third kappa shape index (κ3) is 1.31. The number of hydrogen-bond donors (Lipinski definition) is 2. The summed E-state index contributed by atoms with van der Waals surface area (Å²) >= 11 is 0. The fourth-order valence-corrected chi connectivity index (χ4v) is 1.14. The zero-order valence-electron chi connectivity index (χ0n) is 7.03. The van der Waals surface area contributed by atoms with E-state index in [1.807, 2.05) is 0 Å². The van der Waals surface area contributed by atoms with Crippen molar-refractivity contribution in [3.8, 4) is 0 Å². The highest BCUT2D eigenvalue weighted by Crippen LogP contribution is 2.12. The van der Waals surface area contributed by atoms with E-state index in [0.29, 0.717) is 5.65 Å². The van der Waals surface area contributed by atoms with Crippen LogP contribution in [-0.2, 0) is 4.79 Å². The van der Waals surface area contributed by atoms with Crippen LogP contribution in [0.4, 0.5) is 0 Å². The minimum atomic E-state index is -1.52. The summed E-state index contributed by atoms with van der Waals surface area (Å²) in [5.74, 6) is -1.29. The molecule has 0 unspecified atom stereocenters. The maximum absolute atomic E-state index is 10.5. The number of carboxylic acids is 1. The molecule has 72 valence electrons. The Morgan fingerprint density at radius 2 is 2.29 bits per heavy atom. The van der Waals surface area contributed by atoms with Crippen molar-refractivity contribution in [1.29, 1.82) is 0 Å². The lowest BCUT2D eigenvalue weighted by Crippen LogP contribution is -2.11. The number of aliphatic hydroxyl groups excluding tert-OH is 1. The molecule has 0 saturated heterocycles. The van der Waals surface area contributed by atoms with Crippen LogP contribution in [0.5, 0.6) is 0 Å². The third-order valence-electron chi connectivity index (χ3n) is 1.85. The second-order valence-electron chi connectivity index (χ2n) is 2.77. The summed E-state index contributed by atoms with van der Waals surface area (Å²) < 4.78 is 1.40. The molecule has 0 amide bonds. The van der Waals surface area contributed by atoms with Crippen LogP contribution in [0.25, 0.3) is 5.65 Å². The van der Waals surface area contributed by atoms with Crippen molar-refractivity contribution in [3.63, 3.8) is 0 Å². The normalized spacial score (nSPS) is 12.9. The zero-order valence-corrected chi connectivity index (χ0v) is 7.03. The maximum Gasteiger partial charge on any atom is 0.337 e. The van der Waals surface area contributed by atoms with Gasteiger partial charge in [0.1, 0.15) is 6.33 Å². The third-order valence-corrected chi connectivity index (χ3v) is 1.85. The largest absolute Gasteiger partial charge is 0.479 e. The lowest BCUT2D eigenvalue weighted by atomic mass is 10.2. The smallest absolute Gasteiger partial charge is 0.337 e.